The van der Waals surface area contributed by atoms with E-state index in [1.807, 2.05) is 32.3 Å². The number of hydrogen-bond donors (Lipinski definition) is 0. The van der Waals surface area contributed by atoms with Gasteiger partial charge in [-0.05, 0) is 62.1 Å². The summed E-state index contributed by atoms with van der Waals surface area (Å²) in [5, 5.41) is 0.995. The van der Waals surface area contributed by atoms with Crippen molar-refractivity contribution in [2.45, 2.75) is 32.7 Å². The maximum Gasteiger partial charge on any atom is 0.130 e. The number of aryl methyl sites for hydroxylation is 2. The lowest BCUT2D eigenvalue weighted by molar-refractivity contribution is 0.478. The van der Waals surface area contributed by atoms with Crippen molar-refractivity contribution in [1.82, 2.24) is 4.90 Å². The van der Waals surface area contributed by atoms with Gasteiger partial charge in [-0.2, -0.15) is 0 Å². The van der Waals surface area contributed by atoms with Crippen LogP contribution in [-0.2, 0) is 0 Å². The number of ether oxygens (including phenoxy) is 1. The Labute approximate surface area is 152 Å². The minimum absolute atomic E-state index is 0.480. The van der Waals surface area contributed by atoms with Crippen molar-refractivity contribution in [3.8, 4) is 11.5 Å². The van der Waals surface area contributed by atoms with Gasteiger partial charge in [0.15, 0.2) is 0 Å². The van der Waals surface area contributed by atoms with Crippen LogP contribution in [0, 0.1) is 13.8 Å². The molecule has 0 heterocycles. The molecule has 0 bridgehead atoms. The lowest BCUT2D eigenvalue weighted by Gasteiger charge is -2.13. The molecule has 3 rings (SSSR count). The maximum absolute atomic E-state index is 6.04. The zero-order valence-electron chi connectivity index (χ0n) is 14.0. The molecule has 0 amide bonds. The highest BCUT2D eigenvalue weighted by Gasteiger charge is 2.24. The molecule has 0 radical (unpaired) electrons. The summed E-state index contributed by atoms with van der Waals surface area (Å²) in [5.41, 5.74) is 3.05. The van der Waals surface area contributed by atoms with E-state index in [1.165, 1.54) is 12.8 Å². The number of halogens is 2. The van der Waals surface area contributed by atoms with Crippen molar-refractivity contribution in [2.24, 2.45) is 4.99 Å². The van der Waals surface area contributed by atoms with Crippen LogP contribution in [0.5, 0.6) is 11.5 Å². The van der Waals surface area contributed by atoms with Crippen LogP contribution in [0.15, 0.2) is 35.3 Å². The molecule has 2 aromatic rings. The van der Waals surface area contributed by atoms with Crippen LogP contribution in [-0.4, -0.2) is 24.3 Å². The second kappa shape index (κ2) is 7.04. The third-order valence-electron chi connectivity index (χ3n) is 4.11. The third-order valence-corrected chi connectivity index (χ3v) is 4.85. The van der Waals surface area contributed by atoms with Gasteiger partial charge in [0.25, 0.3) is 0 Å². The minimum atomic E-state index is 0.480. The topological polar surface area (TPSA) is 24.8 Å². The largest absolute Gasteiger partial charge is 0.457 e. The fourth-order valence-electron chi connectivity index (χ4n) is 2.42. The molecule has 0 saturated heterocycles. The van der Waals surface area contributed by atoms with Crippen molar-refractivity contribution < 1.29 is 4.74 Å². The first-order chi connectivity index (χ1) is 11.4. The van der Waals surface area contributed by atoms with Crippen molar-refractivity contribution in [3.63, 3.8) is 0 Å². The molecule has 1 fully saturated rings. The minimum Gasteiger partial charge on any atom is -0.457 e. The molecule has 0 aliphatic heterocycles. The normalized spacial score (nSPS) is 14.2. The zero-order chi connectivity index (χ0) is 17.3. The van der Waals surface area contributed by atoms with Gasteiger partial charge in [-0.25, -0.2) is 4.99 Å². The first-order valence-corrected chi connectivity index (χ1v) is 8.70. The summed E-state index contributed by atoms with van der Waals surface area (Å²) in [5.74, 6) is 1.46. The van der Waals surface area contributed by atoms with Gasteiger partial charge in [-0.3, -0.25) is 0 Å². The van der Waals surface area contributed by atoms with E-state index in [0.29, 0.717) is 21.8 Å². The lowest BCUT2D eigenvalue weighted by Crippen LogP contribution is -2.17. The molecule has 1 saturated carbocycles. The molecular weight excluding hydrogens is 343 g/mol. The summed E-state index contributed by atoms with van der Waals surface area (Å²) in [6, 6.07) is 9.96. The van der Waals surface area contributed by atoms with Crippen LogP contribution in [0.2, 0.25) is 10.0 Å². The number of rotatable bonds is 5. The Balaban J connectivity index is 1.79. The monoisotopic (exact) mass is 362 g/mol. The summed E-state index contributed by atoms with van der Waals surface area (Å²) in [7, 11) is 2.07. The van der Waals surface area contributed by atoms with Gasteiger partial charge in [0.05, 0.1) is 22.1 Å². The van der Waals surface area contributed by atoms with Gasteiger partial charge in [-0.15, -0.1) is 0 Å². The predicted octanol–water partition coefficient (Wildman–Crippen LogP) is 6.16. The molecule has 2 aromatic carbocycles. The fourth-order valence-corrected chi connectivity index (χ4v) is 2.71. The number of nitrogens with zero attached hydrogens (tertiary/aromatic N) is 2. The fraction of sp³-hybridized carbons (Fsp3) is 0.316. The van der Waals surface area contributed by atoms with E-state index in [1.54, 1.807) is 18.2 Å². The van der Waals surface area contributed by atoms with Crippen LogP contribution in [0.25, 0.3) is 0 Å². The first-order valence-electron chi connectivity index (χ1n) is 7.94. The Kier molecular flexibility index (Phi) is 5.02. The molecule has 3 nitrogen and oxygen atoms in total. The molecule has 0 N–H and O–H groups in total. The Morgan fingerprint density at radius 1 is 1.08 bits per heavy atom. The van der Waals surface area contributed by atoms with E-state index in [0.717, 1.165) is 22.6 Å². The molecule has 24 heavy (non-hydrogen) atoms. The Hall–Kier alpha value is -1.71. The quantitative estimate of drug-likeness (QED) is 0.470. The molecule has 0 aromatic heterocycles. The van der Waals surface area contributed by atoms with Crippen molar-refractivity contribution in [3.05, 3.63) is 51.5 Å². The second-order valence-electron chi connectivity index (χ2n) is 6.22. The SMILES string of the molecule is Cc1cc(Oc2ccc(Cl)c(Cl)c2)c(C)cc1/N=C/N(C)C1CC1. The number of aliphatic imine (C=N–C) groups is 1. The average Bonchev–Trinajstić information content (AvgIpc) is 3.37. The van der Waals surface area contributed by atoms with Crippen molar-refractivity contribution >= 4 is 35.2 Å². The van der Waals surface area contributed by atoms with Crippen LogP contribution in [0.3, 0.4) is 0 Å². The second-order valence-corrected chi connectivity index (χ2v) is 7.04. The molecule has 5 heteroatoms. The smallest absolute Gasteiger partial charge is 0.130 e. The highest BCUT2D eigenvalue weighted by molar-refractivity contribution is 6.42. The summed E-state index contributed by atoms with van der Waals surface area (Å²) < 4.78 is 5.95. The van der Waals surface area contributed by atoms with Gasteiger partial charge in [-0.1, -0.05) is 23.2 Å². The van der Waals surface area contributed by atoms with E-state index < -0.39 is 0 Å². The van der Waals surface area contributed by atoms with Crippen LogP contribution < -0.4 is 4.74 Å². The van der Waals surface area contributed by atoms with Gasteiger partial charge < -0.3 is 9.64 Å². The molecule has 0 spiro atoms. The summed E-state index contributed by atoms with van der Waals surface area (Å²) >= 11 is 12.0. The highest BCUT2D eigenvalue weighted by atomic mass is 35.5. The van der Waals surface area contributed by atoms with E-state index in [9.17, 15) is 0 Å². The van der Waals surface area contributed by atoms with Crippen LogP contribution in [0.4, 0.5) is 5.69 Å². The number of hydrogen-bond acceptors (Lipinski definition) is 2. The summed E-state index contributed by atoms with van der Waals surface area (Å²) in [6.07, 6.45) is 4.44. The molecule has 0 atom stereocenters. The number of benzene rings is 2. The molecule has 1 aliphatic carbocycles. The Morgan fingerprint density at radius 2 is 1.83 bits per heavy atom. The van der Waals surface area contributed by atoms with Gasteiger partial charge in [0, 0.05) is 19.2 Å². The highest BCUT2D eigenvalue weighted by Crippen LogP contribution is 2.34. The molecule has 0 unspecified atom stereocenters. The summed E-state index contributed by atoms with van der Waals surface area (Å²) in [6.45, 7) is 4.04. The van der Waals surface area contributed by atoms with E-state index in [-0.39, 0.29) is 0 Å². The first kappa shape index (κ1) is 17.1. The van der Waals surface area contributed by atoms with Gasteiger partial charge in [0.1, 0.15) is 11.5 Å². The maximum atomic E-state index is 6.04. The van der Waals surface area contributed by atoms with Gasteiger partial charge in [0.2, 0.25) is 0 Å². The standard InChI is InChI=1S/C19H20Cl2N2O/c1-12-9-19(24-15-6-7-16(20)17(21)10-15)13(2)8-18(12)22-11-23(3)14-4-5-14/h6-11,14H,4-5H2,1-3H3/b22-11+. The van der Waals surface area contributed by atoms with Crippen molar-refractivity contribution in [1.29, 1.82) is 0 Å². The van der Waals surface area contributed by atoms with Crippen LogP contribution in [0.1, 0.15) is 24.0 Å². The molecular formula is C19H20Cl2N2O. The Bertz CT molecular complexity index is 785. The summed E-state index contributed by atoms with van der Waals surface area (Å²) in [4.78, 5) is 6.78. The Morgan fingerprint density at radius 3 is 2.50 bits per heavy atom. The lowest BCUT2D eigenvalue weighted by atomic mass is 10.1. The van der Waals surface area contributed by atoms with E-state index in [4.69, 9.17) is 27.9 Å². The van der Waals surface area contributed by atoms with Gasteiger partial charge >= 0.3 is 0 Å². The van der Waals surface area contributed by atoms with Crippen LogP contribution >= 0.6 is 23.2 Å². The predicted molar refractivity (Wildman–Crippen MR) is 101 cm³/mol. The van der Waals surface area contributed by atoms with Crippen molar-refractivity contribution in [2.75, 3.05) is 7.05 Å². The van der Waals surface area contributed by atoms with E-state index in [2.05, 4.69) is 16.9 Å². The zero-order valence-corrected chi connectivity index (χ0v) is 15.5. The van der Waals surface area contributed by atoms with E-state index >= 15 is 0 Å². The third kappa shape index (κ3) is 4.03. The average molecular weight is 363 g/mol. The molecule has 126 valence electrons. The molecule has 1 aliphatic rings.